The van der Waals surface area contributed by atoms with E-state index >= 15 is 0 Å². The number of aryl methyl sites for hydroxylation is 2. The molecule has 3 aromatic rings. The van der Waals surface area contributed by atoms with Gasteiger partial charge < -0.3 is 14.9 Å². The molecule has 1 heterocycles. The van der Waals surface area contributed by atoms with E-state index in [0.29, 0.717) is 34.0 Å². The molecule has 5 nitrogen and oxygen atoms in total. The highest BCUT2D eigenvalue weighted by Crippen LogP contribution is 2.36. The van der Waals surface area contributed by atoms with Gasteiger partial charge in [0.15, 0.2) is 0 Å². The molecule has 0 bridgehead atoms. The number of fused-ring (bicyclic) bond motifs is 1. The lowest BCUT2D eigenvalue weighted by Gasteiger charge is -2.24. The third-order valence-corrected chi connectivity index (χ3v) is 5.42. The average molecular weight is 383 g/mol. The van der Waals surface area contributed by atoms with Crippen LogP contribution in [0.3, 0.4) is 0 Å². The van der Waals surface area contributed by atoms with Crippen molar-refractivity contribution in [3.05, 3.63) is 76.0 Å². The predicted octanol–water partition coefficient (Wildman–Crippen LogP) is 3.87. The zero-order chi connectivity index (χ0) is 19.0. The Bertz CT molecular complexity index is 1010. The minimum Gasteiger partial charge on any atom is -0.383 e. The summed E-state index contributed by atoms with van der Waals surface area (Å²) in [5.41, 5.74) is 2.28. The number of nitrogens with one attached hydrogen (secondary N) is 1. The largest absolute Gasteiger partial charge is 0.383 e. The van der Waals surface area contributed by atoms with Crippen molar-refractivity contribution in [1.82, 2.24) is 10.5 Å². The van der Waals surface area contributed by atoms with Crippen LogP contribution >= 0.6 is 11.6 Å². The molecule has 0 spiro atoms. The molecule has 2 N–H and O–H groups in total. The summed E-state index contributed by atoms with van der Waals surface area (Å²) in [5.74, 6) is 0.0581. The summed E-state index contributed by atoms with van der Waals surface area (Å²) in [4.78, 5) is 12.9. The lowest BCUT2D eigenvalue weighted by Crippen LogP contribution is -2.39. The van der Waals surface area contributed by atoms with Gasteiger partial charge in [-0.15, -0.1) is 0 Å². The number of hydrogen-bond donors (Lipinski definition) is 2. The first-order valence-corrected chi connectivity index (χ1v) is 9.17. The van der Waals surface area contributed by atoms with Crippen LogP contribution in [-0.4, -0.2) is 22.7 Å². The average Bonchev–Trinajstić information content (AvgIpc) is 3.22. The number of halogens is 1. The lowest BCUT2D eigenvalue weighted by atomic mass is 9.95. The predicted molar refractivity (Wildman–Crippen MR) is 103 cm³/mol. The first-order chi connectivity index (χ1) is 13.0. The Balaban J connectivity index is 1.59. The smallest absolute Gasteiger partial charge is 0.257 e. The Morgan fingerprint density at radius 1 is 1.26 bits per heavy atom. The maximum Gasteiger partial charge on any atom is 0.257 e. The molecular formula is C21H19ClN2O3. The van der Waals surface area contributed by atoms with Crippen molar-refractivity contribution in [3.8, 4) is 11.3 Å². The summed E-state index contributed by atoms with van der Waals surface area (Å²) in [6, 6.07) is 14.9. The Kier molecular flexibility index (Phi) is 4.50. The van der Waals surface area contributed by atoms with Crippen molar-refractivity contribution in [2.75, 3.05) is 6.54 Å². The second-order valence-corrected chi connectivity index (χ2v) is 7.22. The van der Waals surface area contributed by atoms with E-state index in [1.54, 1.807) is 19.1 Å². The highest BCUT2D eigenvalue weighted by molar-refractivity contribution is 6.33. The van der Waals surface area contributed by atoms with Crippen molar-refractivity contribution >= 4 is 17.5 Å². The molecule has 0 saturated heterocycles. The molecule has 27 heavy (non-hydrogen) atoms. The van der Waals surface area contributed by atoms with Gasteiger partial charge in [0.25, 0.3) is 5.91 Å². The molecule has 0 aliphatic heterocycles. The number of carbonyl (C=O) groups excluding carboxylic acids is 1. The zero-order valence-corrected chi connectivity index (χ0v) is 15.6. The van der Waals surface area contributed by atoms with Gasteiger partial charge in [-0.05, 0) is 37.0 Å². The van der Waals surface area contributed by atoms with E-state index in [1.165, 1.54) is 0 Å². The minimum absolute atomic E-state index is 0.120. The van der Waals surface area contributed by atoms with Crippen molar-refractivity contribution in [2.45, 2.75) is 25.4 Å². The topological polar surface area (TPSA) is 75.4 Å². The number of aromatic nitrogens is 1. The van der Waals surface area contributed by atoms with Gasteiger partial charge in [-0.3, -0.25) is 4.79 Å². The number of carbonyl (C=O) groups is 1. The zero-order valence-electron chi connectivity index (χ0n) is 14.8. The Morgan fingerprint density at radius 3 is 2.81 bits per heavy atom. The molecule has 6 heteroatoms. The van der Waals surface area contributed by atoms with Crippen LogP contribution in [0.5, 0.6) is 0 Å². The highest BCUT2D eigenvalue weighted by atomic mass is 35.5. The van der Waals surface area contributed by atoms with E-state index in [-0.39, 0.29) is 12.5 Å². The molecule has 1 aliphatic carbocycles. The van der Waals surface area contributed by atoms with Gasteiger partial charge in [0, 0.05) is 5.56 Å². The molecular weight excluding hydrogens is 364 g/mol. The summed E-state index contributed by atoms with van der Waals surface area (Å²) in [7, 11) is 0. The van der Waals surface area contributed by atoms with Gasteiger partial charge in [0.1, 0.15) is 22.6 Å². The van der Waals surface area contributed by atoms with E-state index < -0.39 is 5.60 Å². The van der Waals surface area contributed by atoms with Crippen LogP contribution < -0.4 is 5.32 Å². The van der Waals surface area contributed by atoms with Crippen molar-refractivity contribution in [1.29, 1.82) is 0 Å². The van der Waals surface area contributed by atoms with Gasteiger partial charge in [0.05, 0.1) is 11.6 Å². The van der Waals surface area contributed by atoms with Crippen molar-refractivity contribution in [3.63, 3.8) is 0 Å². The fraction of sp³-hybridized carbons (Fsp3) is 0.238. The Hall–Kier alpha value is -2.63. The lowest BCUT2D eigenvalue weighted by molar-refractivity contribution is 0.0369. The fourth-order valence-corrected chi connectivity index (χ4v) is 3.87. The van der Waals surface area contributed by atoms with Crippen LogP contribution in [0.1, 0.15) is 33.7 Å². The molecule has 1 aliphatic rings. The second-order valence-electron chi connectivity index (χ2n) is 6.81. The van der Waals surface area contributed by atoms with E-state index in [9.17, 15) is 9.90 Å². The van der Waals surface area contributed by atoms with Crippen LogP contribution in [0.15, 0.2) is 53.1 Å². The van der Waals surface area contributed by atoms with Crippen LogP contribution in [-0.2, 0) is 12.0 Å². The van der Waals surface area contributed by atoms with Gasteiger partial charge in [-0.25, -0.2) is 0 Å². The number of amides is 1. The SMILES string of the molecule is Cc1onc(-c2ccccc2Cl)c1C(=O)NC[C@]1(O)CCc2ccccc21. The summed E-state index contributed by atoms with van der Waals surface area (Å²) in [5, 5.41) is 18.4. The summed E-state index contributed by atoms with van der Waals surface area (Å²) < 4.78 is 5.25. The second kappa shape index (κ2) is 6.83. The summed E-state index contributed by atoms with van der Waals surface area (Å²) >= 11 is 6.25. The van der Waals surface area contributed by atoms with Gasteiger partial charge >= 0.3 is 0 Å². The van der Waals surface area contributed by atoms with Gasteiger partial charge in [-0.2, -0.15) is 0 Å². The van der Waals surface area contributed by atoms with Gasteiger partial charge in [-0.1, -0.05) is 59.2 Å². The van der Waals surface area contributed by atoms with Crippen LogP contribution in [0.4, 0.5) is 0 Å². The van der Waals surface area contributed by atoms with E-state index in [4.69, 9.17) is 16.1 Å². The summed E-state index contributed by atoms with van der Waals surface area (Å²) in [6.45, 7) is 1.80. The molecule has 1 aromatic heterocycles. The number of benzene rings is 2. The van der Waals surface area contributed by atoms with Crippen LogP contribution in [0, 0.1) is 6.92 Å². The summed E-state index contributed by atoms with van der Waals surface area (Å²) in [6.07, 6.45) is 1.37. The van der Waals surface area contributed by atoms with Crippen LogP contribution in [0.25, 0.3) is 11.3 Å². The Labute approximate surface area is 162 Å². The fourth-order valence-electron chi connectivity index (χ4n) is 3.64. The number of aliphatic hydroxyl groups is 1. The standard InChI is InChI=1S/C21H19ClN2O3/c1-13-18(19(24-27-13)15-7-3-5-9-17(15)22)20(25)23-12-21(26)11-10-14-6-2-4-8-16(14)21/h2-9,26H,10-12H2,1H3,(H,23,25)/t21-/m1/s1. The molecule has 138 valence electrons. The first-order valence-electron chi connectivity index (χ1n) is 8.80. The van der Waals surface area contributed by atoms with E-state index in [0.717, 1.165) is 17.5 Å². The first kappa shape index (κ1) is 17.8. The van der Waals surface area contributed by atoms with Crippen LogP contribution in [0.2, 0.25) is 5.02 Å². The molecule has 0 saturated carbocycles. The number of hydrogen-bond acceptors (Lipinski definition) is 4. The monoisotopic (exact) mass is 382 g/mol. The minimum atomic E-state index is -1.07. The highest BCUT2D eigenvalue weighted by Gasteiger charge is 2.37. The maximum absolute atomic E-state index is 12.9. The number of nitrogens with zero attached hydrogens (tertiary/aromatic N) is 1. The maximum atomic E-state index is 12.9. The Morgan fingerprint density at radius 2 is 2.00 bits per heavy atom. The molecule has 0 radical (unpaired) electrons. The molecule has 4 rings (SSSR count). The molecule has 1 atom stereocenters. The molecule has 2 aromatic carbocycles. The molecule has 0 fully saturated rings. The molecule has 0 unspecified atom stereocenters. The van der Waals surface area contributed by atoms with E-state index in [1.807, 2.05) is 36.4 Å². The quantitative estimate of drug-likeness (QED) is 0.718. The third kappa shape index (κ3) is 3.13. The molecule has 1 amide bonds. The normalized spacial score (nSPS) is 18.3. The van der Waals surface area contributed by atoms with E-state index in [2.05, 4.69) is 10.5 Å². The van der Waals surface area contributed by atoms with Crippen molar-refractivity contribution in [2.24, 2.45) is 0 Å². The van der Waals surface area contributed by atoms with Gasteiger partial charge in [0.2, 0.25) is 0 Å². The number of rotatable bonds is 4. The third-order valence-electron chi connectivity index (χ3n) is 5.09. The van der Waals surface area contributed by atoms with Crippen molar-refractivity contribution < 1.29 is 14.4 Å².